The summed E-state index contributed by atoms with van der Waals surface area (Å²) in [4.78, 5) is 4.18. The van der Waals surface area contributed by atoms with Crippen LogP contribution in [0.3, 0.4) is 0 Å². The van der Waals surface area contributed by atoms with Crippen molar-refractivity contribution in [2.75, 3.05) is 6.54 Å². The van der Waals surface area contributed by atoms with Gasteiger partial charge in [-0.25, -0.2) is 0 Å². The van der Waals surface area contributed by atoms with Crippen molar-refractivity contribution in [2.45, 2.75) is 31.6 Å². The van der Waals surface area contributed by atoms with Crippen LogP contribution in [-0.4, -0.2) is 11.5 Å². The molecule has 0 spiro atoms. The molecule has 14 heavy (non-hydrogen) atoms. The van der Waals surface area contributed by atoms with Crippen LogP contribution >= 0.6 is 0 Å². The van der Waals surface area contributed by atoms with E-state index in [-0.39, 0.29) is 5.41 Å². The first kappa shape index (κ1) is 9.66. The van der Waals surface area contributed by atoms with Gasteiger partial charge in [-0.05, 0) is 30.4 Å². The molecule has 1 aromatic rings. The zero-order valence-corrected chi connectivity index (χ0v) is 8.74. The van der Waals surface area contributed by atoms with Crippen molar-refractivity contribution in [3.63, 3.8) is 0 Å². The third kappa shape index (κ3) is 1.44. The number of aromatic nitrogens is 1. The van der Waals surface area contributed by atoms with Crippen molar-refractivity contribution >= 4 is 0 Å². The third-order valence-corrected chi connectivity index (χ3v) is 3.60. The second-order valence-corrected chi connectivity index (χ2v) is 4.41. The van der Waals surface area contributed by atoms with Crippen LogP contribution in [0.15, 0.2) is 24.5 Å². The molecule has 76 valence electrons. The maximum Gasteiger partial charge on any atom is 0.0306 e. The van der Waals surface area contributed by atoms with Crippen LogP contribution in [0.25, 0.3) is 0 Å². The Kier molecular flexibility index (Phi) is 2.55. The molecule has 0 saturated heterocycles. The first-order valence-corrected chi connectivity index (χ1v) is 5.41. The van der Waals surface area contributed by atoms with Gasteiger partial charge in [-0.2, -0.15) is 0 Å². The van der Waals surface area contributed by atoms with Crippen molar-refractivity contribution in [1.29, 1.82) is 0 Å². The fraction of sp³-hybridized carbons (Fsp3) is 0.583. The average Bonchev–Trinajstić information content (AvgIpc) is 2.19. The van der Waals surface area contributed by atoms with Crippen molar-refractivity contribution in [3.05, 3.63) is 30.1 Å². The lowest BCUT2D eigenvalue weighted by Crippen LogP contribution is -2.46. The molecule has 0 bridgehead atoms. The van der Waals surface area contributed by atoms with Gasteiger partial charge in [0, 0.05) is 24.4 Å². The molecule has 1 saturated carbocycles. The summed E-state index contributed by atoms with van der Waals surface area (Å²) in [6, 6.07) is 4.16. The molecule has 0 radical (unpaired) electrons. The smallest absolute Gasteiger partial charge is 0.0306 e. The standard InChI is InChI=1S/C12H18N2/c1-2-10-6-12(7-10,9-13)11-4-3-5-14-8-11/h3-5,8,10H,2,6-7,9,13H2,1H3. The Morgan fingerprint density at radius 2 is 2.36 bits per heavy atom. The first-order chi connectivity index (χ1) is 6.80. The minimum Gasteiger partial charge on any atom is -0.330 e. The van der Waals surface area contributed by atoms with Gasteiger partial charge in [-0.3, -0.25) is 4.98 Å². The van der Waals surface area contributed by atoms with Crippen LogP contribution < -0.4 is 5.73 Å². The summed E-state index contributed by atoms with van der Waals surface area (Å²) in [6.07, 6.45) is 7.56. The lowest BCUT2D eigenvalue weighted by molar-refractivity contribution is 0.144. The van der Waals surface area contributed by atoms with Crippen LogP contribution in [0.5, 0.6) is 0 Å². The number of nitrogens with two attached hydrogens (primary N) is 1. The summed E-state index contributed by atoms with van der Waals surface area (Å²) in [5, 5.41) is 0. The van der Waals surface area contributed by atoms with Crippen molar-refractivity contribution in [3.8, 4) is 0 Å². The molecule has 1 aromatic heterocycles. The van der Waals surface area contributed by atoms with Gasteiger partial charge >= 0.3 is 0 Å². The molecule has 0 amide bonds. The predicted octanol–water partition coefficient (Wildman–Crippen LogP) is 2.10. The van der Waals surface area contributed by atoms with Crippen molar-refractivity contribution in [1.82, 2.24) is 4.98 Å². The van der Waals surface area contributed by atoms with Gasteiger partial charge in [-0.1, -0.05) is 19.4 Å². The monoisotopic (exact) mass is 190 g/mol. The third-order valence-electron chi connectivity index (χ3n) is 3.60. The Labute approximate surface area is 85.5 Å². The van der Waals surface area contributed by atoms with E-state index < -0.39 is 0 Å². The summed E-state index contributed by atoms with van der Waals surface area (Å²) in [5.74, 6) is 0.874. The molecule has 2 heteroatoms. The molecule has 2 rings (SSSR count). The van der Waals surface area contributed by atoms with E-state index in [0.29, 0.717) is 0 Å². The van der Waals surface area contributed by atoms with E-state index in [1.807, 2.05) is 18.5 Å². The quantitative estimate of drug-likeness (QED) is 0.792. The van der Waals surface area contributed by atoms with E-state index in [4.69, 9.17) is 5.73 Å². The largest absolute Gasteiger partial charge is 0.330 e. The highest BCUT2D eigenvalue weighted by Crippen LogP contribution is 2.48. The van der Waals surface area contributed by atoms with Crippen LogP contribution in [-0.2, 0) is 5.41 Å². The summed E-state index contributed by atoms with van der Waals surface area (Å²) < 4.78 is 0. The molecule has 1 fully saturated rings. The number of hydrogen-bond acceptors (Lipinski definition) is 2. The molecule has 0 aliphatic heterocycles. The van der Waals surface area contributed by atoms with Gasteiger partial charge in [0.15, 0.2) is 0 Å². The first-order valence-electron chi connectivity index (χ1n) is 5.41. The fourth-order valence-electron chi connectivity index (χ4n) is 2.53. The minimum absolute atomic E-state index is 0.245. The fourth-order valence-corrected chi connectivity index (χ4v) is 2.53. The van der Waals surface area contributed by atoms with Crippen LogP contribution in [0.4, 0.5) is 0 Å². The summed E-state index contributed by atoms with van der Waals surface area (Å²) in [6.45, 7) is 3.02. The van der Waals surface area contributed by atoms with Crippen LogP contribution in [0.1, 0.15) is 31.7 Å². The highest BCUT2D eigenvalue weighted by Gasteiger charge is 2.43. The Balaban J connectivity index is 2.16. The van der Waals surface area contributed by atoms with E-state index in [1.165, 1.54) is 24.8 Å². The molecule has 0 aromatic carbocycles. The van der Waals surface area contributed by atoms with Gasteiger partial charge in [-0.15, -0.1) is 0 Å². The average molecular weight is 190 g/mol. The molecular formula is C12H18N2. The summed E-state index contributed by atoms with van der Waals surface area (Å²) in [5.41, 5.74) is 7.46. The number of hydrogen-bond donors (Lipinski definition) is 1. The lowest BCUT2D eigenvalue weighted by atomic mass is 9.58. The normalized spacial score (nSPS) is 31.1. The summed E-state index contributed by atoms with van der Waals surface area (Å²) >= 11 is 0. The van der Waals surface area contributed by atoms with Gasteiger partial charge in [0.25, 0.3) is 0 Å². The van der Waals surface area contributed by atoms with Crippen LogP contribution in [0, 0.1) is 5.92 Å². The van der Waals surface area contributed by atoms with E-state index in [9.17, 15) is 0 Å². The zero-order valence-electron chi connectivity index (χ0n) is 8.74. The summed E-state index contributed by atoms with van der Waals surface area (Å²) in [7, 11) is 0. The molecule has 2 nitrogen and oxygen atoms in total. The number of rotatable bonds is 3. The highest BCUT2D eigenvalue weighted by atomic mass is 14.7. The Hall–Kier alpha value is -0.890. The van der Waals surface area contributed by atoms with E-state index in [2.05, 4.69) is 18.0 Å². The molecule has 0 atom stereocenters. The Bertz CT molecular complexity index is 288. The van der Waals surface area contributed by atoms with Gasteiger partial charge < -0.3 is 5.73 Å². The molecule has 1 aliphatic carbocycles. The lowest BCUT2D eigenvalue weighted by Gasteiger charge is -2.47. The highest BCUT2D eigenvalue weighted by molar-refractivity contribution is 5.26. The van der Waals surface area contributed by atoms with Gasteiger partial charge in [0.1, 0.15) is 0 Å². The molecule has 1 heterocycles. The van der Waals surface area contributed by atoms with E-state index in [0.717, 1.165) is 12.5 Å². The van der Waals surface area contributed by atoms with Crippen molar-refractivity contribution in [2.24, 2.45) is 11.7 Å². The Morgan fingerprint density at radius 3 is 2.86 bits per heavy atom. The van der Waals surface area contributed by atoms with E-state index in [1.54, 1.807) is 0 Å². The molecule has 2 N–H and O–H groups in total. The van der Waals surface area contributed by atoms with Gasteiger partial charge in [0.05, 0.1) is 0 Å². The molecule has 0 unspecified atom stereocenters. The van der Waals surface area contributed by atoms with Crippen LogP contribution in [0.2, 0.25) is 0 Å². The topological polar surface area (TPSA) is 38.9 Å². The zero-order chi connectivity index (χ0) is 10.0. The minimum atomic E-state index is 0.245. The maximum atomic E-state index is 5.89. The second kappa shape index (κ2) is 3.70. The molecule has 1 aliphatic rings. The SMILES string of the molecule is CCC1CC(CN)(c2cccnc2)C1. The Morgan fingerprint density at radius 1 is 1.57 bits per heavy atom. The van der Waals surface area contributed by atoms with Gasteiger partial charge in [0.2, 0.25) is 0 Å². The predicted molar refractivity (Wildman–Crippen MR) is 58.0 cm³/mol. The second-order valence-electron chi connectivity index (χ2n) is 4.41. The van der Waals surface area contributed by atoms with Crippen molar-refractivity contribution < 1.29 is 0 Å². The van der Waals surface area contributed by atoms with E-state index >= 15 is 0 Å². The number of nitrogens with zero attached hydrogens (tertiary/aromatic N) is 1. The number of pyridine rings is 1. The molecular weight excluding hydrogens is 172 g/mol. The maximum absolute atomic E-state index is 5.89.